The van der Waals surface area contributed by atoms with Crippen LogP contribution in [0.4, 0.5) is 0 Å². The average molecular weight is 302 g/mol. The van der Waals surface area contributed by atoms with Crippen molar-refractivity contribution in [3.05, 3.63) is 53.6 Å². The Morgan fingerprint density at radius 2 is 1.82 bits per heavy atom. The zero-order chi connectivity index (χ0) is 16.1. The topological polar surface area (TPSA) is 76.0 Å². The Morgan fingerprint density at radius 3 is 2.41 bits per heavy atom. The van der Waals surface area contributed by atoms with Crippen molar-refractivity contribution in [2.45, 2.75) is 12.3 Å². The predicted octanol–water partition coefficient (Wildman–Crippen LogP) is 2.82. The minimum atomic E-state index is -0.935. The molecule has 0 aliphatic heterocycles. The summed E-state index contributed by atoms with van der Waals surface area (Å²) in [6, 6.07) is 11.7. The highest BCUT2D eigenvalue weighted by molar-refractivity contribution is 5.77. The SMILES string of the molecule is COc1ccc(C(Cc2cccc(O)c2)C(=O)O)cc1OC. The van der Waals surface area contributed by atoms with Crippen LogP contribution in [0.25, 0.3) is 0 Å². The van der Waals surface area contributed by atoms with Crippen LogP contribution in [0.15, 0.2) is 42.5 Å². The van der Waals surface area contributed by atoms with Crippen molar-refractivity contribution in [2.24, 2.45) is 0 Å². The van der Waals surface area contributed by atoms with Crippen LogP contribution in [0.5, 0.6) is 17.2 Å². The quantitative estimate of drug-likeness (QED) is 0.858. The van der Waals surface area contributed by atoms with Crippen LogP contribution in [0.2, 0.25) is 0 Å². The Bertz CT molecular complexity index is 666. The molecule has 0 radical (unpaired) electrons. The van der Waals surface area contributed by atoms with Crippen LogP contribution in [-0.2, 0) is 11.2 Å². The molecule has 2 aromatic carbocycles. The van der Waals surface area contributed by atoms with Gasteiger partial charge in [-0.05, 0) is 41.8 Å². The van der Waals surface area contributed by atoms with Crippen molar-refractivity contribution in [1.29, 1.82) is 0 Å². The van der Waals surface area contributed by atoms with E-state index in [0.717, 1.165) is 5.56 Å². The van der Waals surface area contributed by atoms with Gasteiger partial charge in [0, 0.05) is 0 Å². The third kappa shape index (κ3) is 3.49. The van der Waals surface area contributed by atoms with Gasteiger partial charge in [0.15, 0.2) is 11.5 Å². The molecule has 1 atom stereocenters. The molecule has 22 heavy (non-hydrogen) atoms. The van der Waals surface area contributed by atoms with Gasteiger partial charge in [-0.15, -0.1) is 0 Å². The molecule has 0 aliphatic carbocycles. The molecule has 2 N–H and O–H groups in total. The second-order valence-electron chi connectivity index (χ2n) is 4.88. The van der Waals surface area contributed by atoms with Crippen LogP contribution in [0, 0.1) is 0 Å². The van der Waals surface area contributed by atoms with Gasteiger partial charge >= 0.3 is 5.97 Å². The lowest BCUT2D eigenvalue weighted by molar-refractivity contribution is -0.138. The maximum Gasteiger partial charge on any atom is 0.311 e. The van der Waals surface area contributed by atoms with Gasteiger partial charge in [-0.25, -0.2) is 0 Å². The third-order valence-corrected chi connectivity index (χ3v) is 3.46. The van der Waals surface area contributed by atoms with Gasteiger partial charge < -0.3 is 19.7 Å². The molecule has 5 nitrogen and oxygen atoms in total. The maximum atomic E-state index is 11.6. The summed E-state index contributed by atoms with van der Waals surface area (Å²) in [6.07, 6.45) is 0.277. The number of methoxy groups -OCH3 is 2. The molecular weight excluding hydrogens is 284 g/mol. The van der Waals surface area contributed by atoms with E-state index in [2.05, 4.69) is 0 Å². The van der Waals surface area contributed by atoms with Gasteiger partial charge in [0.2, 0.25) is 0 Å². The molecule has 0 fully saturated rings. The minimum Gasteiger partial charge on any atom is -0.508 e. The average Bonchev–Trinajstić information content (AvgIpc) is 2.51. The maximum absolute atomic E-state index is 11.6. The number of carbonyl (C=O) groups is 1. The zero-order valence-electron chi connectivity index (χ0n) is 12.4. The number of hydrogen-bond acceptors (Lipinski definition) is 4. The molecule has 0 heterocycles. The van der Waals surface area contributed by atoms with Crippen LogP contribution < -0.4 is 9.47 Å². The zero-order valence-corrected chi connectivity index (χ0v) is 12.4. The van der Waals surface area contributed by atoms with Crippen molar-refractivity contribution < 1.29 is 24.5 Å². The van der Waals surface area contributed by atoms with Gasteiger partial charge in [0.05, 0.1) is 20.1 Å². The highest BCUT2D eigenvalue weighted by Crippen LogP contribution is 2.32. The van der Waals surface area contributed by atoms with E-state index in [4.69, 9.17) is 9.47 Å². The first-order valence-electron chi connectivity index (χ1n) is 6.77. The number of carboxylic acid groups (broad SMARTS) is 1. The summed E-state index contributed by atoms with van der Waals surface area (Å²) in [5.41, 5.74) is 1.37. The molecule has 0 spiro atoms. The number of hydrogen-bond donors (Lipinski definition) is 2. The van der Waals surface area contributed by atoms with E-state index in [-0.39, 0.29) is 12.2 Å². The standard InChI is InChI=1S/C17H18O5/c1-21-15-7-6-12(10-16(15)22-2)14(17(19)20)9-11-4-3-5-13(18)8-11/h3-8,10,14,18H,9H2,1-2H3,(H,19,20). The Balaban J connectivity index is 2.34. The van der Waals surface area contributed by atoms with Crippen molar-refractivity contribution in [2.75, 3.05) is 14.2 Å². The molecule has 0 saturated carbocycles. The fourth-order valence-corrected chi connectivity index (χ4v) is 2.34. The van der Waals surface area contributed by atoms with Crippen molar-refractivity contribution >= 4 is 5.97 Å². The summed E-state index contributed by atoms with van der Waals surface area (Å²) in [4.78, 5) is 11.6. The first-order chi connectivity index (χ1) is 10.5. The largest absolute Gasteiger partial charge is 0.508 e. The summed E-state index contributed by atoms with van der Waals surface area (Å²) < 4.78 is 10.4. The molecule has 0 amide bonds. The fraction of sp³-hybridized carbons (Fsp3) is 0.235. The second kappa shape index (κ2) is 6.85. The monoisotopic (exact) mass is 302 g/mol. The number of benzene rings is 2. The molecule has 0 aliphatic rings. The first kappa shape index (κ1) is 15.7. The number of aromatic hydroxyl groups is 1. The molecule has 2 rings (SSSR count). The summed E-state index contributed by atoms with van der Waals surface area (Å²) in [6.45, 7) is 0. The van der Waals surface area contributed by atoms with E-state index < -0.39 is 11.9 Å². The van der Waals surface area contributed by atoms with Crippen LogP contribution in [0.1, 0.15) is 17.0 Å². The molecular formula is C17H18O5. The van der Waals surface area contributed by atoms with Crippen molar-refractivity contribution in [3.8, 4) is 17.2 Å². The first-order valence-corrected chi connectivity index (χ1v) is 6.77. The molecule has 0 aromatic heterocycles. The second-order valence-corrected chi connectivity index (χ2v) is 4.88. The van der Waals surface area contributed by atoms with E-state index in [1.807, 2.05) is 0 Å². The van der Waals surface area contributed by atoms with Crippen molar-refractivity contribution in [1.82, 2.24) is 0 Å². The highest BCUT2D eigenvalue weighted by Gasteiger charge is 2.22. The van der Waals surface area contributed by atoms with Crippen molar-refractivity contribution in [3.63, 3.8) is 0 Å². The van der Waals surface area contributed by atoms with E-state index in [1.165, 1.54) is 14.2 Å². The van der Waals surface area contributed by atoms with Crippen LogP contribution in [-0.4, -0.2) is 30.4 Å². The predicted molar refractivity (Wildman–Crippen MR) is 81.7 cm³/mol. The summed E-state index contributed by atoms with van der Waals surface area (Å²) in [7, 11) is 3.03. The Morgan fingerprint density at radius 1 is 1.09 bits per heavy atom. The Hall–Kier alpha value is -2.69. The Kier molecular flexibility index (Phi) is 4.88. The van der Waals surface area contributed by atoms with Gasteiger partial charge in [0.25, 0.3) is 0 Å². The molecule has 0 bridgehead atoms. The number of ether oxygens (including phenoxy) is 2. The summed E-state index contributed by atoms with van der Waals surface area (Å²) in [5, 5.41) is 19.0. The molecule has 1 unspecified atom stereocenters. The minimum absolute atomic E-state index is 0.119. The smallest absolute Gasteiger partial charge is 0.311 e. The fourth-order valence-electron chi connectivity index (χ4n) is 2.34. The summed E-state index contributed by atoms with van der Waals surface area (Å²) >= 11 is 0. The molecule has 0 saturated heterocycles. The molecule has 116 valence electrons. The van der Waals surface area contributed by atoms with Gasteiger partial charge in [-0.3, -0.25) is 4.79 Å². The number of aliphatic carboxylic acids is 1. The highest BCUT2D eigenvalue weighted by atomic mass is 16.5. The van der Waals surface area contributed by atoms with Crippen LogP contribution >= 0.6 is 0 Å². The van der Waals surface area contributed by atoms with Gasteiger partial charge in [-0.2, -0.15) is 0 Å². The van der Waals surface area contributed by atoms with E-state index in [0.29, 0.717) is 17.1 Å². The van der Waals surface area contributed by atoms with E-state index >= 15 is 0 Å². The van der Waals surface area contributed by atoms with E-state index in [1.54, 1.807) is 42.5 Å². The lowest BCUT2D eigenvalue weighted by Gasteiger charge is -2.15. The lowest BCUT2D eigenvalue weighted by Crippen LogP contribution is -2.14. The number of phenols is 1. The Labute approximate surface area is 128 Å². The van der Waals surface area contributed by atoms with Gasteiger partial charge in [-0.1, -0.05) is 18.2 Å². The third-order valence-electron chi connectivity index (χ3n) is 3.46. The van der Waals surface area contributed by atoms with Gasteiger partial charge in [0.1, 0.15) is 5.75 Å². The number of phenolic OH excluding ortho intramolecular Hbond substituents is 1. The molecule has 2 aromatic rings. The lowest BCUT2D eigenvalue weighted by atomic mass is 9.91. The van der Waals surface area contributed by atoms with E-state index in [9.17, 15) is 15.0 Å². The number of carboxylic acids is 1. The molecule has 5 heteroatoms. The number of rotatable bonds is 6. The van der Waals surface area contributed by atoms with Crippen LogP contribution in [0.3, 0.4) is 0 Å². The summed E-state index contributed by atoms with van der Waals surface area (Å²) in [5.74, 6) is -0.513. The normalized spacial score (nSPS) is 11.7.